The second-order valence-electron chi connectivity index (χ2n) is 7.00. The van der Waals surface area contributed by atoms with Gasteiger partial charge in [-0.1, -0.05) is 48.0 Å². The lowest BCUT2D eigenvalue weighted by Gasteiger charge is -2.12. The molecule has 6 heteroatoms. The van der Waals surface area contributed by atoms with Crippen LogP contribution in [0.5, 0.6) is 0 Å². The third kappa shape index (κ3) is 4.75. The Morgan fingerprint density at radius 2 is 1.72 bits per heavy atom. The standard InChI is InChI=1S/C23H19ClN2O2S/c1-29(27,28)15-16-4-2-5-17(12-16)18-8-9-22-21(13-18)23(10-11-25-22)26-20-7-3-6-19(24)14-20/h2-14H,15H2,1H3,(H,25,26). The van der Waals surface area contributed by atoms with Gasteiger partial charge in [0.1, 0.15) is 0 Å². The molecule has 0 fully saturated rings. The van der Waals surface area contributed by atoms with E-state index in [0.717, 1.165) is 39.0 Å². The molecular weight excluding hydrogens is 404 g/mol. The van der Waals surface area contributed by atoms with Crippen LogP contribution in [0.2, 0.25) is 5.02 Å². The third-order valence-corrected chi connectivity index (χ3v) is 5.63. The van der Waals surface area contributed by atoms with Crippen molar-refractivity contribution in [1.29, 1.82) is 0 Å². The van der Waals surface area contributed by atoms with E-state index in [1.54, 1.807) is 6.20 Å². The van der Waals surface area contributed by atoms with Crippen molar-refractivity contribution in [2.75, 3.05) is 11.6 Å². The van der Waals surface area contributed by atoms with Gasteiger partial charge in [0.05, 0.1) is 11.3 Å². The van der Waals surface area contributed by atoms with Gasteiger partial charge in [-0.2, -0.15) is 0 Å². The number of benzene rings is 3. The van der Waals surface area contributed by atoms with Crippen molar-refractivity contribution >= 4 is 43.7 Å². The first-order valence-corrected chi connectivity index (χ1v) is 11.5. The molecule has 4 nitrogen and oxygen atoms in total. The van der Waals surface area contributed by atoms with Gasteiger partial charge >= 0.3 is 0 Å². The van der Waals surface area contributed by atoms with Crippen LogP contribution in [0.25, 0.3) is 22.0 Å². The summed E-state index contributed by atoms with van der Waals surface area (Å²) >= 11 is 6.10. The summed E-state index contributed by atoms with van der Waals surface area (Å²) in [5.74, 6) is 0.0253. The van der Waals surface area contributed by atoms with Crippen molar-refractivity contribution in [3.05, 3.63) is 89.6 Å². The maximum Gasteiger partial charge on any atom is 0.151 e. The predicted octanol–water partition coefficient (Wildman–Crippen LogP) is 5.84. The van der Waals surface area contributed by atoms with Gasteiger partial charge in [0.25, 0.3) is 0 Å². The summed E-state index contributed by atoms with van der Waals surface area (Å²) in [5, 5.41) is 5.04. The first-order valence-electron chi connectivity index (χ1n) is 9.06. The summed E-state index contributed by atoms with van der Waals surface area (Å²) in [6, 6.07) is 23.1. The average molecular weight is 423 g/mol. The molecule has 1 heterocycles. The van der Waals surface area contributed by atoms with E-state index in [2.05, 4.69) is 16.4 Å². The number of rotatable bonds is 5. The lowest BCUT2D eigenvalue weighted by molar-refractivity contribution is 0.601. The summed E-state index contributed by atoms with van der Waals surface area (Å²) in [4.78, 5) is 4.46. The number of aromatic nitrogens is 1. The first kappa shape index (κ1) is 19.4. The number of nitrogens with zero attached hydrogens (tertiary/aromatic N) is 1. The molecule has 0 aliphatic rings. The van der Waals surface area contributed by atoms with E-state index < -0.39 is 9.84 Å². The number of pyridine rings is 1. The summed E-state index contributed by atoms with van der Waals surface area (Å²) in [6.07, 6.45) is 3.01. The van der Waals surface area contributed by atoms with Gasteiger partial charge in [0.2, 0.25) is 0 Å². The van der Waals surface area contributed by atoms with E-state index in [9.17, 15) is 8.42 Å². The first-order chi connectivity index (χ1) is 13.9. The lowest BCUT2D eigenvalue weighted by atomic mass is 10.0. The highest BCUT2D eigenvalue weighted by Gasteiger charge is 2.09. The van der Waals surface area contributed by atoms with Crippen molar-refractivity contribution in [1.82, 2.24) is 4.98 Å². The molecule has 1 N–H and O–H groups in total. The van der Waals surface area contributed by atoms with Crippen LogP contribution in [0.1, 0.15) is 5.56 Å². The summed E-state index contributed by atoms with van der Waals surface area (Å²) in [5.41, 5.74) is 5.42. The number of sulfone groups is 1. The van der Waals surface area contributed by atoms with Crippen LogP contribution in [0.3, 0.4) is 0 Å². The molecule has 0 bridgehead atoms. The van der Waals surface area contributed by atoms with E-state index in [1.807, 2.05) is 66.7 Å². The molecule has 4 rings (SSSR count). The molecule has 0 saturated carbocycles. The van der Waals surface area contributed by atoms with Crippen LogP contribution < -0.4 is 5.32 Å². The smallest absolute Gasteiger partial charge is 0.151 e. The molecule has 0 spiro atoms. The minimum absolute atomic E-state index is 0.0253. The molecule has 29 heavy (non-hydrogen) atoms. The van der Waals surface area contributed by atoms with E-state index in [1.165, 1.54) is 6.26 Å². The number of fused-ring (bicyclic) bond motifs is 1. The Morgan fingerprint density at radius 1 is 0.931 bits per heavy atom. The fourth-order valence-electron chi connectivity index (χ4n) is 3.30. The van der Waals surface area contributed by atoms with Gasteiger partial charge in [-0.3, -0.25) is 4.98 Å². The largest absolute Gasteiger partial charge is 0.355 e. The van der Waals surface area contributed by atoms with Crippen LogP contribution >= 0.6 is 11.6 Å². The minimum atomic E-state index is -3.09. The van der Waals surface area contributed by atoms with Gasteiger partial charge in [-0.15, -0.1) is 0 Å². The molecule has 0 unspecified atom stereocenters. The normalized spacial score (nSPS) is 11.5. The number of hydrogen-bond donors (Lipinski definition) is 1. The van der Waals surface area contributed by atoms with Crippen LogP contribution in [0.4, 0.5) is 11.4 Å². The van der Waals surface area contributed by atoms with Crippen LogP contribution in [0.15, 0.2) is 79.0 Å². The van der Waals surface area contributed by atoms with Gasteiger partial charge in [-0.05, 0) is 53.1 Å². The molecule has 0 atom stereocenters. The highest BCUT2D eigenvalue weighted by Crippen LogP contribution is 2.31. The lowest BCUT2D eigenvalue weighted by Crippen LogP contribution is -2.00. The zero-order valence-corrected chi connectivity index (χ0v) is 17.3. The Morgan fingerprint density at radius 3 is 2.52 bits per heavy atom. The van der Waals surface area contributed by atoms with E-state index in [4.69, 9.17) is 11.6 Å². The Balaban J connectivity index is 1.75. The van der Waals surface area contributed by atoms with Gasteiger partial charge < -0.3 is 5.32 Å². The quantitative estimate of drug-likeness (QED) is 0.438. The second kappa shape index (κ2) is 7.85. The third-order valence-electron chi connectivity index (χ3n) is 4.53. The minimum Gasteiger partial charge on any atom is -0.355 e. The summed E-state index contributed by atoms with van der Waals surface area (Å²) in [7, 11) is -3.09. The fourth-order valence-corrected chi connectivity index (χ4v) is 4.28. The van der Waals surface area contributed by atoms with Crippen LogP contribution in [0, 0.1) is 0 Å². The molecule has 3 aromatic carbocycles. The molecular formula is C23H19ClN2O2S. The molecule has 0 radical (unpaired) electrons. The van der Waals surface area contributed by atoms with E-state index in [-0.39, 0.29) is 5.75 Å². The monoisotopic (exact) mass is 422 g/mol. The zero-order valence-electron chi connectivity index (χ0n) is 15.8. The number of hydrogen-bond acceptors (Lipinski definition) is 4. The van der Waals surface area contributed by atoms with Crippen molar-refractivity contribution in [3.8, 4) is 11.1 Å². The Labute approximate surface area is 175 Å². The maximum absolute atomic E-state index is 11.6. The molecule has 0 aliphatic carbocycles. The zero-order chi connectivity index (χ0) is 20.4. The Kier molecular flexibility index (Phi) is 5.26. The summed E-state index contributed by atoms with van der Waals surface area (Å²) < 4.78 is 23.3. The predicted molar refractivity (Wildman–Crippen MR) is 120 cm³/mol. The van der Waals surface area contributed by atoms with Gasteiger partial charge in [0.15, 0.2) is 9.84 Å². The average Bonchev–Trinajstić information content (AvgIpc) is 2.67. The number of anilines is 2. The molecule has 0 aliphatic heterocycles. The molecule has 0 amide bonds. The number of halogens is 1. The van der Waals surface area contributed by atoms with Crippen molar-refractivity contribution in [2.45, 2.75) is 5.75 Å². The SMILES string of the molecule is CS(=O)(=O)Cc1cccc(-c2ccc3nccc(Nc4cccc(Cl)c4)c3c2)c1. The highest BCUT2D eigenvalue weighted by atomic mass is 35.5. The van der Waals surface area contributed by atoms with Gasteiger partial charge in [-0.25, -0.2) is 8.42 Å². The van der Waals surface area contributed by atoms with Crippen LogP contribution in [-0.4, -0.2) is 19.7 Å². The van der Waals surface area contributed by atoms with Crippen LogP contribution in [-0.2, 0) is 15.6 Å². The Hall–Kier alpha value is -2.89. The fraction of sp³-hybridized carbons (Fsp3) is 0.0870. The molecule has 1 aromatic heterocycles. The molecule has 4 aromatic rings. The van der Waals surface area contributed by atoms with Crippen molar-refractivity contribution in [3.63, 3.8) is 0 Å². The maximum atomic E-state index is 11.6. The van der Waals surface area contributed by atoms with E-state index in [0.29, 0.717) is 5.02 Å². The molecule has 146 valence electrons. The van der Waals surface area contributed by atoms with Crippen molar-refractivity contribution in [2.24, 2.45) is 0 Å². The number of nitrogens with one attached hydrogen (secondary N) is 1. The van der Waals surface area contributed by atoms with Crippen molar-refractivity contribution < 1.29 is 8.42 Å². The highest BCUT2D eigenvalue weighted by molar-refractivity contribution is 7.89. The summed E-state index contributed by atoms with van der Waals surface area (Å²) in [6.45, 7) is 0. The molecule has 0 saturated heterocycles. The topological polar surface area (TPSA) is 59.1 Å². The Bertz CT molecular complexity index is 1300. The van der Waals surface area contributed by atoms with E-state index >= 15 is 0 Å². The second-order valence-corrected chi connectivity index (χ2v) is 9.57. The van der Waals surface area contributed by atoms with Gasteiger partial charge in [0, 0.05) is 34.2 Å².